The molecule has 1 fully saturated rings. The minimum absolute atomic E-state index is 0.122. The molecular formula is C15H26N4O. The summed E-state index contributed by atoms with van der Waals surface area (Å²) in [6, 6.07) is 2.24. The molecule has 5 nitrogen and oxygen atoms in total. The lowest BCUT2D eigenvalue weighted by Crippen LogP contribution is -2.45. The molecule has 1 saturated heterocycles. The fourth-order valence-corrected chi connectivity index (χ4v) is 2.96. The number of rotatable bonds is 5. The Bertz CT molecular complexity index is 453. The Kier molecular flexibility index (Phi) is 5.17. The molecule has 0 radical (unpaired) electrons. The lowest BCUT2D eigenvalue weighted by atomic mass is 9.99. The molecule has 0 bridgehead atoms. The van der Waals surface area contributed by atoms with Crippen LogP contribution in [0.4, 0.5) is 0 Å². The zero-order valence-corrected chi connectivity index (χ0v) is 12.6. The van der Waals surface area contributed by atoms with Crippen molar-refractivity contribution < 1.29 is 4.79 Å². The van der Waals surface area contributed by atoms with E-state index in [1.807, 2.05) is 22.6 Å². The van der Waals surface area contributed by atoms with E-state index in [0.29, 0.717) is 12.6 Å². The van der Waals surface area contributed by atoms with Crippen LogP contribution in [0.25, 0.3) is 0 Å². The number of amides is 1. The predicted molar refractivity (Wildman–Crippen MR) is 79.6 cm³/mol. The molecule has 1 aliphatic heterocycles. The Balaban J connectivity index is 2.22. The van der Waals surface area contributed by atoms with Crippen molar-refractivity contribution in [3.8, 4) is 0 Å². The van der Waals surface area contributed by atoms with Crippen molar-refractivity contribution in [2.75, 3.05) is 13.1 Å². The number of nitrogens with two attached hydrogens (primary N) is 1. The summed E-state index contributed by atoms with van der Waals surface area (Å²) < 4.78 is 1.83. The van der Waals surface area contributed by atoms with E-state index in [4.69, 9.17) is 5.73 Å². The van der Waals surface area contributed by atoms with Crippen LogP contribution in [0.3, 0.4) is 0 Å². The van der Waals surface area contributed by atoms with Gasteiger partial charge < -0.3 is 10.6 Å². The Labute approximate surface area is 121 Å². The minimum Gasteiger partial charge on any atom is -0.334 e. The molecular weight excluding hydrogens is 252 g/mol. The van der Waals surface area contributed by atoms with Crippen LogP contribution in [0, 0.1) is 0 Å². The summed E-state index contributed by atoms with van der Waals surface area (Å²) in [5, 5.41) is 4.48. The maximum absolute atomic E-state index is 12.8. The molecule has 0 aromatic carbocycles. The van der Waals surface area contributed by atoms with Gasteiger partial charge in [0.25, 0.3) is 5.91 Å². The van der Waals surface area contributed by atoms with E-state index in [1.165, 1.54) is 6.42 Å². The Morgan fingerprint density at radius 1 is 1.45 bits per heavy atom. The SMILES string of the molecule is CCc1cc(C(=O)N2CCCCC2CCN)n(CC)n1. The van der Waals surface area contributed by atoms with Crippen molar-refractivity contribution in [3.05, 3.63) is 17.5 Å². The van der Waals surface area contributed by atoms with Gasteiger partial charge in [0.05, 0.1) is 5.69 Å². The van der Waals surface area contributed by atoms with Crippen LogP contribution in [0.1, 0.15) is 55.7 Å². The smallest absolute Gasteiger partial charge is 0.272 e. The molecule has 20 heavy (non-hydrogen) atoms. The maximum Gasteiger partial charge on any atom is 0.272 e. The first-order chi connectivity index (χ1) is 9.71. The van der Waals surface area contributed by atoms with Crippen LogP contribution in [0.5, 0.6) is 0 Å². The highest BCUT2D eigenvalue weighted by Gasteiger charge is 2.28. The van der Waals surface area contributed by atoms with Gasteiger partial charge in [-0.15, -0.1) is 0 Å². The van der Waals surface area contributed by atoms with Gasteiger partial charge in [-0.1, -0.05) is 6.92 Å². The zero-order chi connectivity index (χ0) is 14.5. The second-order valence-electron chi connectivity index (χ2n) is 5.42. The van der Waals surface area contributed by atoms with Crippen molar-refractivity contribution in [2.45, 2.75) is 58.5 Å². The molecule has 2 heterocycles. The van der Waals surface area contributed by atoms with Crippen molar-refractivity contribution in [3.63, 3.8) is 0 Å². The van der Waals surface area contributed by atoms with E-state index in [0.717, 1.165) is 50.2 Å². The fraction of sp³-hybridized carbons (Fsp3) is 0.733. The highest BCUT2D eigenvalue weighted by molar-refractivity contribution is 5.93. The Morgan fingerprint density at radius 2 is 2.25 bits per heavy atom. The van der Waals surface area contributed by atoms with Crippen LogP contribution in [-0.2, 0) is 13.0 Å². The van der Waals surface area contributed by atoms with Gasteiger partial charge in [0.15, 0.2) is 0 Å². The standard InChI is InChI=1S/C15H26N4O/c1-3-12-11-14(19(4-2)17-12)15(20)18-10-6-5-7-13(18)8-9-16/h11,13H,3-10,16H2,1-2H3. The van der Waals surface area contributed by atoms with Crippen LogP contribution in [0.2, 0.25) is 0 Å². The average Bonchev–Trinajstić information content (AvgIpc) is 2.91. The van der Waals surface area contributed by atoms with Crippen LogP contribution in [-0.4, -0.2) is 39.7 Å². The number of aromatic nitrogens is 2. The number of hydrogen-bond donors (Lipinski definition) is 1. The number of carbonyl (C=O) groups excluding carboxylic acids is 1. The monoisotopic (exact) mass is 278 g/mol. The molecule has 1 amide bonds. The fourth-order valence-electron chi connectivity index (χ4n) is 2.96. The molecule has 1 unspecified atom stereocenters. The maximum atomic E-state index is 12.8. The first-order valence-electron chi connectivity index (χ1n) is 7.79. The normalized spacial score (nSPS) is 19.4. The quantitative estimate of drug-likeness (QED) is 0.893. The van der Waals surface area contributed by atoms with Gasteiger partial charge in [-0.05, 0) is 51.6 Å². The minimum atomic E-state index is 0.122. The Morgan fingerprint density at radius 3 is 2.90 bits per heavy atom. The summed E-state index contributed by atoms with van der Waals surface area (Å²) in [4.78, 5) is 14.8. The zero-order valence-electron chi connectivity index (χ0n) is 12.6. The van der Waals surface area contributed by atoms with Crippen molar-refractivity contribution >= 4 is 5.91 Å². The van der Waals surface area contributed by atoms with E-state index in [2.05, 4.69) is 12.0 Å². The van der Waals surface area contributed by atoms with E-state index in [9.17, 15) is 4.79 Å². The van der Waals surface area contributed by atoms with Crippen LogP contribution in [0.15, 0.2) is 6.07 Å². The number of likely N-dealkylation sites (tertiary alicyclic amines) is 1. The van der Waals surface area contributed by atoms with E-state index < -0.39 is 0 Å². The van der Waals surface area contributed by atoms with E-state index >= 15 is 0 Å². The lowest BCUT2D eigenvalue weighted by molar-refractivity contribution is 0.0592. The highest BCUT2D eigenvalue weighted by atomic mass is 16.2. The van der Waals surface area contributed by atoms with Gasteiger partial charge >= 0.3 is 0 Å². The second kappa shape index (κ2) is 6.88. The van der Waals surface area contributed by atoms with Gasteiger partial charge in [0, 0.05) is 19.1 Å². The number of nitrogens with zero attached hydrogens (tertiary/aromatic N) is 3. The summed E-state index contributed by atoms with van der Waals surface area (Å²) in [5.41, 5.74) is 7.40. The molecule has 1 aromatic rings. The number of piperidine rings is 1. The molecule has 1 aliphatic rings. The van der Waals surface area contributed by atoms with Gasteiger partial charge in [-0.25, -0.2) is 0 Å². The van der Waals surface area contributed by atoms with Crippen LogP contribution >= 0.6 is 0 Å². The first kappa shape index (κ1) is 15.0. The van der Waals surface area contributed by atoms with Gasteiger partial charge in [0.2, 0.25) is 0 Å². The van der Waals surface area contributed by atoms with Gasteiger partial charge in [-0.2, -0.15) is 5.10 Å². The molecule has 0 spiro atoms. The highest BCUT2D eigenvalue weighted by Crippen LogP contribution is 2.22. The van der Waals surface area contributed by atoms with Gasteiger partial charge in [-0.3, -0.25) is 9.48 Å². The Hall–Kier alpha value is -1.36. The third kappa shape index (κ3) is 3.03. The molecule has 112 valence electrons. The molecule has 1 atom stereocenters. The number of aryl methyl sites for hydroxylation is 2. The summed E-state index contributed by atoms with van der Waals surface area (Å²) >= 11 is 0. The van der Waals surface area contributed by atoms with Crippen molar-refractivity contribution in [1.29, 1.82) is 0 Å². The summed E-state index contributed by atoms with van der Waals surface area (Å²) in [7, 11) is 0. The number of hydrogen-bond acceptors (Lipinski definition) is 3. The van der Waals surface area contributed by atoms with Crippen molar-refractivity contribution in [1.82, 2.24) is 14.7 Å². The lowest BCUT2D eigenvalue weighted by Gasteiger charge is -2.35. The second-order valence-corrected chi connectivity index (χ2v) is 5.42. The van der Waals surface area contributed by atoms with Crippen LogP contribution < -0.4 is 5.73 Å². The van der Waals surface area contributed by atoms with Gasteiger partial charge in [0.1, 0.15) is 5.69 Å². The molecule has 0 saturated carbocycles. The first-order valence-corrected chi connectivity index (χ1v) is 7.79. The molecule has 1 aromatic heterocycles. The third-order valence-corrected chi connectivity index (χ3v) is 4.10. The topological polar surface area (TPSA) is 64.2 Å². The van der Waals surface area contributed by atoms with Crippen molar-refractivity contribution in [2.24, 2.45) is 5.73 Å². The molecule has 2 rings (SSSR count). The largest absolute Gasteiger partial charge is 0.334 e. The summed E-state index contributed by atoms with van der Waals surface area (Å²) in [6.45, 7) is 6.31. The molecule has 5 heteroatoms. The van der Waals surface area contributed by atoms with E-state index in [-0.39, 0.29) is 5.91 Å². The summed E-state index contributed by atoms with van der Waals surface area (Å²) in [5.74, 6) is 0.122. The third-order valence-electron chi connectivity index (χ3n) is 4.10. The van der Waals surface area contributed by atoms with E-state index in [1.54, 1.807) is 0 Å². The molecule has 0 aliphatic carbocycles. The number of carbonyl (C=O) groups is 1. The summed E-state index contributed by atoms with van der Waals surface area (Å²) in [6.07, 6.45) is 5.12. The average molecular weight is 278 g/mol. The predicted octanol–water partition coefficient (Wildman–Crippen LogP) is 1.81. The molecule has 2 N–H and O–H groups in total.